The van der Waals surface area contributed by atoms with E-state index in [0.717, 1.165) is 28.7 Å². The van der Waals surface area contributed by atoms with Crippen LogP contribution in [0.3, 0.4) is 0 Å². The average Bonchev–Trinajstić information content (AvgIpc) is 2.58. The Labute approximate surface area is 132 Å². The number of halogens is 2. The third-order valence-electron chi connectivity index (χ3n) is 2.84. The Bertz CT molecular complexity index is 515. The lowest BCUT2D eigenvalue weighted by atomic mass is 9.86. The smallest absolute Gasteiger partial charge is 0.207 e. The van der Waals surface area contributed by atoms with Gasteiger partial charge in [-0.25, -0.2) is 13.1 Å². The van der Waals surface area contributed by atoms with Crippen LogP contribution in [0, 0.1) is 12.3 Å². The second-order valence-electron chi connectivity index (χ2n) is 5.54. The zero-order valence-electron chi connectivity index (χ0n) is 11.5. The molecule has 1 unspecified atom stereocenters. The van der Waals surface area contributed by atoms with Crippen molar-refractivity contribution in [1.29, 1.82) is 0 Å². The van der Waals surface area contributed by atoms with Crippen LogP contribution in [0.5, 0.6) is 0 Å². The van der Waals surface area contributed by atoms with Crippen molar-refractivity contribution in [2.75, 3.05) is 5.33 Å². The minimum atomic E-state index is -3.50. The fourth-order valence-corrected chi connectivity index (χ4v) is 5.25. The third-order valence-corrected chi connectivity index (χ3v) is 6.80. The van der Waals surface area contributed by atoms with Gasteiger partial charge in [-0.1, -0.05) is 48.3 Å². The van der Waals surface area contributed by atoms with Crippen molar-refractivity contribution >= 4 is 48.9 Å². The first-order chi connectivity index (χ1) is 8.58. The van der Waals surface area contributed by atoms with Crippen LogP contribution >= 0.6 is 38.9 Å². The molecule has 19 heavy (non-hydrogen) atoms. The number of hydrogen-bond donors (Lipinski definition) is 1. The molecule has 0 saturated heterocycles. The predicted molar refractivity (Wildman–Crippen MR) is 86.0 cm³/mol. The molecule has 0 saturated carbocycles. The first-order valence-electron chi connectivity index (χ1n) is 5.92. The second-order valence-corrected chi connectivity index (χ2v) is 9.93. The number of nitrogens with one attached hydrogen (secondary N) is 1. The largest absolute Gasteiger partial charge is 0.250 e. The molecule has 0 aromatic carbocycles. The maximum absolute atomic E-state index is 12.4. The maximum atomic E-state index is 12.4. The Morgan fingerprint density at radius 1 is 1.47 bits per heavy atom. The molecule has 1 aromatic heterocycles. The normalized spacial score (nSPS) is 14.6. The summed E-state index contributed by atoms with van der Waals surface area (Å²) in [4.78, 5) is 0. The number of alkyl halides is 1. The second kappa shape index (κ2) is 6.43. The standard InChI is InChI=1S/C12H19BrClNO2S2/c1-8-7-10(18-11(8)14)19(16,17)15-9(5-6-13)12(2,3)4/h7,9,15H,5-6H2,1-4H3. The van der Waals surface area contributed by atoms with Gasteiger partial charge in [-0.2, -0.15) is 0 Å². The number of hydrogen-bond acceptors (Lipinski definition) is 3. The summed E-state index contributed by atoms with van der Waals surface area (Å²) in [6.07, 6.45) is 0.737. The fourth-order valence-electron chi connectivity index (χ4n) is 1.59. The average molecular weight is 389 g/mol. The van der Waals surface area contributed by atoms with Crippen molar-refractivity contribution in [1.82, 2.24) is 4.72 Å². The van der Waals surface area contributed by atoms with E-state index in [2.05, 4.69) is 20.7 Å². The van der Waals surface area contributed by atoms with Crippen molar-refractivity contribution in [2.45, 2.75) is 44.4 Å². The van der Waals surface area contributed by atoms with Gasteiger partial charge in [0.05, 0.1) is 4.34 Å². The van der Waals surface area contributed by atoms with Crippen molar-refractivity contribution in [3.63, 3.8) is 0 Å². The molecule has 1 N–H and O–H groups in total. The van der Waals surface area contributed by atoms with E-state index in [1.807, 2.05) is 20.8 Å². The van der Waals surface area contributed by atoms with Crippen molar-refractivity contribution in [3.05, 3.63) is 16.0 Å². The van der Waals surface area contributed by atoms with Gasteiger partial charge in [-0.3, -0.25) is 0 Å². The number of thiophene rings is 1. The first kappa shape index (κ1) is 17.4. The highest BCUT2D eigenvalue weighted by atomic mass is 79.9. The predicted octanol–water partition coefficient (Wildman–Crippen LogP) is 4.19. The van der Waals surface area contributed by atoms with Crippen LogP contribution in [-0.2, 0) is 10.0 Å². The van der Waals surface area contributed by atoms with E-state index in [-0.39, 0.29) is 15.7 Å². The summed E-state index contributed by atoms with van der Waals surface area (Å²) >= 11 is 10.4. The highest BCUT2D eigenvalue weighted by molar-refractivity contribution is 9.09. The van der Waals surface area contributed by atoms with Gasteiger partial charge in [-0.05, 0) is 30.4 Å². The van der Waals surface area contributed by atoms with Crippen molar-refractivity contribution in [2.24, 2.45) is 5.41 Å². The molecule has 0 aliphatic rings. The Morgan fingerprint density at radius 3 is 2.42 bits per heavy atom. The third kappa shape index (κ3) is 4.70. The van der Waals surface area contributed by atoms with Gasteiger partial charge in [0.2, 0.25) is 10.0 Å². The van der Waals surface area contributed by atoms with Crippen LogP contribution in [0.1, 0.15) is 32.8 Å². The molecule has 110 valence electrons. The summed E-state index contributed by atoms with van der Waals surface area (Å²) in [7, 11) is -3.50. The summed E-state index contributed by atoms with van der Waals surface area (Å²) in [6, 6.07) is 1.49. The molecular weight excluding hydrogens is 370 g/mol. The molecule has 0 radical (unpaired) electrons. The molecule has 3 nitrogen and oxygen atoms in total. The van der Waals surface area contributed by atoms with Crippen LogP contribution in [0.25, 0.3) is 0 Å². The van der Waals surface area contributed by atoms with Gasteiger partial charge < -0.3 is 0 Å². The van der Waals surface area contributed by atoms with Gasteiger partial charge in [0, 0.05) is 11.4 Å². The van der Waals surface area contributed by atoms with E-state index in [1.165, 1.54) is 0 Å². The fraction of sp³-hybridized carbons (Fsp3) is 0.667. The first-order valence-corrected chi connectivity index (χ1v) is 9.72. The van der Waals surface area contributed by atoms with E-state index in [0.29, 0.717) is 4.34 Å². The van der Waals surface area contributed by atoms with Crippen molar-refractivity contribution in [3.8, 4) is 0 Å². The Hall–Kier alpha value is 0.380. The summed E-state index contributed by atoms with van der Waals surface area (Å²) < 4.78 is 28.3. The van der Waals surface area contributed by atoms with Crippen LogP contribution in [0.15, 0.2) is 10.3 Å². The minimum absolute atomic E-state index is 0.127. The summed E-state index contributed by atoms with van der Waals surface area (Å²) in [5, 5.41) is 0.752. The van der Waals surface area contributed by atoms with Gasteiger partial charge in [-0.15, -0.1) is 11.3 Å². The van der Waals surface area contributed by atoms with Gasteiger partial charge in [0.1, 0.15) is 4.21 Å². The van der Waals surface area contributed by atoms with Crippen LogP contribution in [-0.4, -0.2) is 19.8 Å². The minimum Gasteiger partial charge on any atom is -0.207 e. The molecule has 0 amide bonds. The number of sulfonamides is 1. The topological polar surface area (TPSA) is 46.2 Å². The Balaban J connectivity index is 3.00. The number of aryl methyl sites for hydroxylation is 1. The Kier molecular flexibility index (Phi) is 5.90. The molecule has 0 fully saturated rings. The monoisotopic (exact) mass is 387 g/mol. The molecule has 1 aromatic rings. The molecule has 0 aliphatic heterocycles. The molecular formula is C12H19BrClNO2S2. The van der Waals surface area contributed by atoms with Gasteiger partial charge in [0.25, 0.3) is 0 Å². The lowest BCUT2D eigenvalue weighted by Crippen LogP contribution is -2.43. The van der Waals surface area contributed by atoms with E-state index in [4.69, 9.17) is 11.6 Å². The van der Waals surface area contributed by atoms with E-state index >= 15 is 0 Å². The lowest BCUT2D eigenvalue weighted by molar-refractivity contribution is 0.293. The van der Waals surface area contributed by atoms with E-state index in [1.54, 1.807) is 13.0 Å². The zero-order chi connectivity index (χ0) is 14.8. The van der Waals surface area contributed by atoms with Gasteiger partial charge in [0.15, 0.2) is 0 Å². The lowest BCUT2D eigenvalue weighted by Gasteiger charge is -2.30. The van der Waals surface area contributed by atoms with Crippen LogP contribution < -0.4 is 4.72 Å². The van der Waals surface area contributed by atoms with E-state index < -0.39 is 10.0 Å². The number of rotatable bonds is 5. The summed E-state index contributed by atoms with van der Waals surface area (Å²) in [6.45, 7) is 7.87. The van der Waals surface area contributed by atoms with E-state index in [9.17, 15) is 8.42 Å². The SMILES string of the molecule is Cc1cc(S(=O)(=O)NC(CCBr)C(C)(C)C)sc1Cl. The van der Waals surface area contributed by atoms with Crippen molar-refractivity contribution < 1.29 is 8.42 Å². The maximum Gasteiger partial charge on any atom is 0.250 e. The summed E-state index contributed by atoms with van der Waals surface area (Å²) in [5.41, 5.74) is 0.650. The van der Waals surface area contributed by atoms with Gasteiger partial charge >= 0.3 is 0 Å². The van der Waals surface area contributed by atoms with Crippen LogP contribution in [0.4, 0.5) is 0 Å². The molecule has 1 atom stereocenters. The summed E-state index contributed by atoms with van der Waals surface area (Å²) in [5.74, 6) is 0. The molecule has 0 aliphatic carbocycles. The molecule has 1 rings (SSSR count). The Morgan fingerprint density at radius 2 is 2.05 bits per heavy atom. The highest BCUT2D eigenvalue weighted by Crippen LogP contribution is 2.31. The zero-order valence-corrected chi connectivity index (χ0v) is 15.4. The molecule has 0 bridgehead atoms. The molecule has 7 heteroatoms. The molecule has 1 heterocycles. The van der Waals surface area contributed by atoms with Crippen LogP contribution in [0.2, 0.25) is 4.34 Å². The quantitative estimate of drug-likeness (QED) is 0.769. The molecule has 0 spiro atoms. The highest BCUT2D eigenvalue weighted by Gasteiger charge is 2.30.